The van der Waals surface area contributed by atoms with Crippen LogP contribution in [0.1, 0.15) is 11.6 Å². The van der Waals surface area contributed by atoms with Gasteiger partial charge in [0.15, 0.2) is 11.5 Å². The van der Waals surface area contributed by atoms with Gasteiger partial charge in [-0.3, -0.25) is 9.97 Å². The molecule has 0 saturated carbocycles. The molecule has 0 fully saturated rings. The average Bonchev–Trinajstić information content (AvgIpc) is 2.94. The van der Waals surface area contributed by atoms with E-state index in [-0.39, 0.29) is 6.03 Å². The molecule has 0 radical (unpaired) electrons. The lowest BCUT2D eigenvalue weighted by Crippen LogP contribution is -2.19. The zero-order valence-electron chi connectivity index (χ0n) is 13.7. The highest BCUT2D eigenvalue weighted by molar-refractivity contribution is 6.05. The summed E-state index contributed by atoms with van der Waals surface area (Å²) in [6, 6.07) is 10.4. The summed E-state index contributed by atoms with van der Waals surface area (Å²) in [5.74, 6) is 0.585. The lowest BCUT2D eigenvalue weighted by Gasteiger charge is -2.10. The van der Waals surface area contributed by atoms with Crippen LogP contribution in [0, 0.1) is 13.8 Å². The van der Waals surface area contributed by atoms with Gasteiger partial charge >= 0.3 is 6.03 Å². The van der Waals surface area contributed by atoms with Crippen molar-refractivity contribution < 1.29 is 9.21 Å². The van der Waals surface area contributed by atoms with E-state index in [4.69, 9.17) is 4.42 Å². The van der Waals surface area contributed by atoms with Crippen LogP contribution in [0.15, 0.2) is 47.0 Å². The third kappa shape index (κ3) is 2.99. The van der Waals surface area contributed by atoms with Crippen LogP contribution in [0.2, 0.25) is 0 Å². The van der Waals surface area contributed by atoms with Crippen molar-refractivity contribution in [2.75, 3.05) is 10.6 Å². The summed E-state index contributed by atoms with van der Waals surface area (Å²) >= 11 is 0. The number of nitrogens with one attached hydrogen (secondary N) is 2. The Morgan fingerprint density at radius 1 is 1.04 bits per heavy atom. The number of hydrogen-bond acceptors (Lipinski definition) is 5. The number of carbonyl (C=O) groups is 1. The van der Waals surface area contributed by atoms with E-state index >= 15 is 0 Å². The standard InChI is InChI=1S/C18H15N5O2/c1-10-8-15(17-14(20-10)4-3-7-19-17)23-18(24)22-12-5-6-13-16(9-12)25-11(2)21-13/h3-9H,1-2H3,(H2,20,22,23,24). The Morgan fingerprint density at radius 2 is 1.92 bits per heavy atom. The second-order valence-corrected chi connectivity index (χ2v) is 5.68. The molecular weight excluding hydrogens is 318 g/mol. The molecule has 1 aromatic carbocycles. The minimum Gasteiger partial charge on any atom is -0.441 e. The van der Waals surface area contributed by atoms with E-state index in [1.165, 1.54) is 0 Å². The summed E-state index contributed by atoms with van der Waals surface area (Å²) in [4.78, 5) is 25.3. The van der Waals surface area contributed by atoms with Crippen molar-refractivity contribution in [3.8, 4) is 0 Å². The van der Waals surface area contributed by atoms with E-state index in [0.717, 1.165) is 16.7 Å². The first-order valence-electron chi connectivity index (χ1n) is 7.76. The van der Waals surface area contributed by atoms with E-state index in [9.17, 15) is 4.79 Å². The molecule has 0 atom stereocenters. The second-order valence-electron chi connectivity index (χ2n) is 5.68. The van der Waals surface area contributed by atoms with Crippen LogP contribution in [-0.4, -0.2) is 21.0 Å². The third-order valence-corrected chi connectivity index (χ3v) is 3.69. The molecule has 4 aromatic rings. The third-order valence-electron chi connectivity index (χ3n) is 3.69. The SMILES string of the molecule is Cc1cc(NC(=O)Nc2ccc3nc(C)oc3c2)c2ncccc2n1. The number of nitrogens with zero attached hydrogens (tertiary/aromatic N) is 3. The Labute approximate surface area is 143 Å². The Hall–Kier alpha value is -3.48. The fraction of sp³-hybridized carbons (Fsp3) is 0.111. The highest BCUT2D eigenvalue weighted by atomic mass is 16.3. The van der Waals surface area contributed by atoms with Crippen LogP contribution in [0.25, 0.3) is 22.1 Å². The lowest BCUT2D eigenvalue weighted by atomic mass is 10.2. The van der Waals surface area contributed by atoms with E-state index in [1.807, 2.05) is 19.1 Å². The van der Waals surface area contributed by atoms with Gasteiger partial charge in [0.25, 0.3) is 0 Å². The number of benzene rings is 1. The summed E-state index contributed by atoms with van der Waals surface area (Å²) < 4.78 is 5.48. The van der Waals surface area contributed by atoms with Gasteiger partial charge in [-0.05, 0) is 37.3 Å². The molecule has 124 valence electrons. The molecule has 0 unspecified atom stereocenters. The zero-order valence-corrected chi connectivity index (χ0v) is 13.7. The Morgan fingerprint density at radius 3 is 2.80 bits per heavy atom. The first-order valence-corrected chi connectivity index (χ1v) is 7.76. The Bertz CT molecular complexity index is 1100. The normalized spacial score (nSPS) is 11.0. The van der Waals surface area contributed by atoms with E-state index in [0.29, 0.717) is 28.4 Å². The topological polar surface area (TPSA) is 92.9 Å². The predicted octanol–water partition coefficient (Wildman–Crippen LogP) is 4.03. The molecule has 0 aliphatic heterocycles. The van der Waals surface area contributed by atoms with Gasteiger partial charge in [0, 0.05) is 30.6 Å². The van der Waals surface area contributed by atoms with Gasteiger partial charge in [0.2, 0.25) is 0 Å². The largest absolute Gasteiger partial charge is 0.441 e. The minimum absolute atomic E-state index is 0.367. The van der Waals surface area contributed by atoms with E-state index in [2.05, 4.69) is 25.6 Å². The quantitative estimate of drug-likeness (QED) is 0.577. The molecule has 4 rings (SSSR count). The Kier molecular flexibility index (Phi) is 3.53. The second kappa shape index (κ2) is 5.86. The van der Waals surface area contributed by atoms with E-state index < -0.39 is 0 Å². The predicted molar refractivity (Wildman–Crippen MR) is 95.7 cm³/mol. The molecule has 7 nitrogen and oxygen atoms in total. The summed E-state index contributed by atoms with van der Waals surface area (Å²) in [6.45, 7) is 3.65. The number of carbonyl (C=O) groups excluding carboxylic acids is 1. The molecule has 3 heterocycles. The van der Waals surface area contributed by atoms with Crippen LogP contribution in [-0.2, 0) is 0 Å². The van der Waals surface area contributed by atoms with Crippen molar-refractivity contribution in [3.05, 3.63) is 54.2 Å². The molecule has 0 aliphatic carbocycles. The highest BCUT2D eigenvalue weighted by Gasteiger charge is 2.10. The number of amides is 2. The number of fused-ring (bicyclic) bond motifs is 2. The first kappa shape index (κ1) is 15.1. The monoisotopic (exact) mass is 333 g/mol. The average molecular weight is 333 g/mol. The molecule has 2 N–H and O–H groups in total. The van der Waals surface area contributed by atoms with Crippen molar-refractivity contribution in [3.63, 3.8) is 0 Å². The van der Waals surface area contributed by atoms with Crippen LogP contribution >= 0.6 is 0 Å². The molecule has 0 aliphatic rings. The Balaban J connectivity index is 1.59. The molecule has 25 heavy (non-hydrogen) atoms. The maximum absolute atomic E-state index is 12.4. The molecule has 3 aromatic heterocycles. The number of pyridine rings is 2. The van der Waals surface area contributed by atoms with Crippen LogP contribution in [0.5, 0.6) is 0 Å². The molecule has 2 amide bonds. The maximum Gasteiger partial charge on any atom is 0.323 e. The number of urea groups is 1. The molecule has 0 spiro atoms. The molecule has 0 bridgehead atoms. The highest BCUT2D eigenvalue weighted by Crippen LogP contribution is 2.22. The summed E-state index contributed by atoms with van der Waals surface area (Å²) in [5, 5.41) is 5.62. The number of oxazole rings is 1. The van der Waals surface area contributed by atoms with E-state index in [1.54, 1.807) is 37.4 Å². The fourth-order valence-corrected chi connectivity index (χ4v) is 2.69. The van der Waals surface area contributed by atoms with Gasteiger partial charge in [0.05, 0.1) is 11.2 Å². The van der Waals surface area contributed by atoms with Gasteiger partial charge in [-0.2, -0.15) is 0 Å². The minimum atomic E-state index is -0.367. The zero-order chi connectivity index (χ0) is 17.4. The number of aryl methyl sites for hydroxylation is 2. The van der Waals surface area contributed by atoms with Gasteiger partial charge in [-0.25, -0.2) is 9.78 Å². The number of aromatic nitrogens is 3. The summed E-state index contributed by atoms with van der Waals surface area (Å²) in [5.41, 5.74) is 4.78. The van der Waals surface area contributed by atoms with Crippen molar-refractivity contribution in [2.45, 2.75) is 13.8 Å². The van der Waals surface area contributed by atoms with Crippen molar-refractivity contribution in [2.24, 2.45) is 0 Å². The van der Waals surface area contributed by atoms with Crippen LogP contribution in [0.4, 0.5) is 16.2 Å². The summed E-state index contributed by atoms with van der Waals surface area (Å²) in [6.07, 6.45) is 1.67. The van der Waals surface area contributed by atoms with Crippen LogP contribution < -0.4 is 10.6 Å². The fourth-order valence-electron chi connectivity index (χ4n) is 2.69. The molecule has 0 saturated heterocycles. The smallest absolute Gasteiger partial charge is 0.323 e. The maximum atomic E-state index is 12.4. The first-order chi connectivity index (χ1) is 12.1. The van der Waals surface area contributed by atoms with Crippen molar-refractivity contribution in [1.29, 1.82) is 0 Å². The van der Waals surface area contributed by atoms with Gasteiger partial charge in [0.1, 0.15) is 11.0 Å². The summed E-state index contributed by atoms with van der Waals surface area (Å²) in [7, 11) is 0. The lowest BCUT2D eigenvalue weighted by molar-refractivity contribution is 0.262. The number of rotatable bonds is 2. The number of hydrogen-bond donors (Lipinski definition) is 2. The van der Waals surface area contributed by atoms with Crippen molar-refractivity contribution >= 4 is 39.5 Å². The van der Waals surface area contributed by atoms with Gasteiger partial charge < -0.3 is 15.1 Å². The van der Waals surface area contributed by atoms with Crippen molar-refractivity contribution in [1.82, 2.24) is 15.0 Å². The number of anilines is 2. The van der Waals surface area contributed by atoms with Crippen LogP contribution in [0.3, 0.4) is 0 Å². The molecule has 7 heteroatoms. The van der Waals surface area contributed by atoms with Gasteiger partial charge in [-0.15, -0.1) is 0 Å². The van der Waals surface area contributed by atoms with Gasteiger partial charge in [-0.1, -0.05) is 0 Å². The molecular formula is C18H15N5O2.